The number of rotatable bonds is 7. The summed E-state index contributed by atoms with van der Waals surface area (Å²) >= 11 is 5.85. The summed E-state index contributed by atoms with van der Waals surface area (Å²) in [6.45, 7) is 3.86. The summed E-state index contributed by atoms with van der Waals surface area (Å²) in [5, 5.41) is 10.0. The molecule has 1 N–H and O–H groups in total. The van der Waals surface area contributed by atoms with Gasteiger partial charge in [0.15, 0.2) is 0 Å². The van der Waals surface area contributed by atoms with Crippen molar-refractivity contribution in [3.8, 4) is 0 Å². The van der Waals surface area contributed by atoms with E-state index in [0.29, 0.717) is 17.1 Å². The van der Waals surface area contributed by atoms with Crippen molar-refractivity contribution in [2.45, 2.75) is 31.2 Å². The van der Waals surface area contributed by atoms with Crippen molar-refractivity contribution < 1.29 is 17.6 Å². The van der Waals surface area contributed by atoms with E-state index in [1.165, 1.54) is 0 Å². The van der Waals surface area contributed by atoms with E-state index in [-0.39, 0.29) is 29.9 Å². The molecule has 1 aromatic heterocycles. The number of hydrogen-bond donors (Lipinski definition) is 1. The van der Waals surface area contributed by atoms with Gasteiger partial charge in [-0.1, -0.05) is 42.7 Å². The normalized spacial score (nSPS) is 11.7. The molecular weight excluding hydrogens is 354 g/mol. The number of nitrogens with one attached hydrogen (secondary N) is 1. The van der Waals surface area contributed by atoms with Gasteiger partial charge in [0, 0.05) is 23.9 Å². The first kappa shape index (κ1) is 18.4. The Morgan fingerprint density at radius 2 is 2.08 bits per heavy atom. The minimum absolute atomic E-state index is 0.0942. The summed E-state index contributed by atoms with van der Waals surface area (Å²) in [6.07, 6.45) is 0.262. The van der Waals surface area contributed by atoms with Gasteiger partial charge in [-0.3, -0.25) is 4.79 Å². The van der Waals surface area contributed by atoms with Crippen molar-refractivity contribution in [1.82, 2.24) is 15.5 Å². The number of benzene rings is 1. The lowest BCUT2D eigenvalue weighted by Crippen LogP contribution is -2.29. The number of amides is 1. The number of sulfone groups is 1. The number of nitrogens with zero attached hydrogens (tertiary/aromatic N) is 2. The molecule has 2 rings (SSSR count). The zero-order valence-electron chi connectivity index (χ0n) is 13.3. The molecule has 0 radical (unpaired) electrons. The smallest absolute Gasteiger partial charge is 0.335 e. The Hall–Kier alpha value is -1.93. The Labute approximate surface area is 145 Å². The molecule has 1 heterocycles. The van der Waals surface area contributed by atoms with Crippen molar-refractivity contribution in [3.05, 3.63) is 40.7 Å². The minimum Gasteiger partial charge on any atom is -0.412 e. The van der Waals surface area contributed by atoms with E-state index in [2.05, 4.69) is 15.5 Å². The fourth-order valence-electron chi connectivity index (χ4n) is 1.87. The predicted octanol–water partition coefficient (Wildman–Crippen LogP) is 2.01. The Kier molecular flexibility index (Phi) is 5.95. The number of carbonyl (C=O) groups is 1. The number of hydrogen-bond acceptors (Lipinski definition) is 6. The van der Waals surface area contributed by atoms with Crippen LogP contribution >= 0.6 is 11.6 Å². The third-order valence-corrected chi connectivity index (χ3v) is 4.77. The summed E-state index contributed by atoms with van der Waals surface area (Å²) in [7, 11) is -3.75. The molecule has 1 amide bonds. The Bertz CT molecular complexity index is 818. The van der Waals surface area contributed by atoms with E-state index in [0.717, 1.165) is 0 Å². The fraction of sp³-hybridized carbons (Fsp3) is 0.400. The molecule has 0 bridgehead atoms. The van der Waals surface area contributed by atoms with Gasteiger partial charge in [-0.15, -0.1) is 5.10 Å². The highest BCUT2D eigenvalue weighted by molar-refractivity contribution is 7.90. The third-order valence-electron chi connectivity index (χ3n) is 3.12. The quantitative estimate of drug-likeness (QED) is 0.798. The van der Waals surface area contributed by atoms with E-state index in [1.807, 2.05) is 0 Å². The first-order chi connectivity index (χ1) is 11.3. The highest BCUT2D eigenvalue weighted by atomic mass is 35.5. The van der Waals surface area contributed by atoms with E-state index < -0.39 is 15.1 Å². The van der Waals surface area contributed by atoms with Crippen LogP contribution in [0.2, 0.25) is 5.02 Å². The van der Waals surface area contributed by atoms with Gasteiger partial charge in [-0.25, -0.2) is 8.42 Å². The molecular formula is C15H18ClN3O4S. The Morgan fingerprint density at radius 3 is 2.75 bits per heavy atom. The lowest BCUT2D eigenvalue weighted by Gasteiger charge is -2.05. The number of carbonyl (C=O) groups excluding carboxylic acids is 1. The van der Waals surface area contributed by atoms with Crippen molar-refractivity contribution in [3.63, 3.8) is 0 Å². The largest absolute Gasteiger partial charge is 0.412 e. The van der Waals surface area contributed by atoms with Crippen LogP contribution in [0, 0.1) is 5.92 Å². The fourth-order valence-corrected chi connectivity index (χ4v) is 3.21. The second-order valence-corrected chi connectivity index (χ2v) is 7.85. The zero-order valence-corrected chi connectivity index (χ0v) is 14.9. The average Bonchev–Trinajstić information content (AvgIpc) is 2.96. The van der Waals surface area contributed by atoms with Crippen LogP contribution in [-0.4, -0.2) is 31.1 Å². The molecule has 0 atom stereocenters. The zero-order chi connectivity index (χ0) is 17.7. The predicted molar refractivity (Wildman–Crippen MR) is 88.2 cm³/mol. The third kappa shape index (κ3) is 5.04. The monoisotopic (exact) mass is 371 g/mol. The van der Waals surface area contributed by atoms with Crippen LogP contribution in [0.15, 0.2) is 33.9 Å². The summed E-state index contributed by atoms with van der Waals surface area (Å²) in [6, 6.07) is 6.55. The molecule has 0 unspecified atom stereocenters. The summed E-state index contributed by atoms with van der Waals surface area (Å²) in [5.41, 5.74) is 0.534. The van der Waals surface area contributed by atoms with Gasteiger partial charge in [0.05, 0.1) is 5.75 Å². The van der Waals surface area contributed by atoms with Crippen molar-refractivity contribution in [2.24, 2.45) is 5.92 Å². The van der Waals surface area contributed by atoms with E-state index in [4.69, 9.17) is 16.0 Å². The molecule has 0 saturated carbocycles. The lowest BCUT2D eigenvalue weighted by molar-refractivity contribution is -0.123. The molecule has 0 saturated heterocycles. The highest BCUT2D eigenvalue weighted by Gasteiger charge is 2.23. The maximum Gasteiger partial charge on any atom is 0.335 e. The van der Waals surface area contributed by atoms with Crippen molar-refractivity contribution in [2.75, 3.05) is 6.54 Å². The number of halogens is 1. The standard InChI is InChI=1S/C15H18ClN3O4S/c1-10(2)14(20)17-7-6-13-18-19-15(23-13)24(21,22)9-11-4-3-5-12(16)8-11/h3-5,8,10H,6-7,9H2,1-2H3,(H,17,20). The van der Waals surface area contributed by atoms with Gasteiger partial charge in [0.25, 0.3) is 0 Å². The SMILES string of the molecule is CC(C)C(=O)NCCc1nnc(S(=O)(=O)Cc2cccc(Cl)c2)o1. The summed E-state index contributed by atoms with van der Waals surface area (Å²) < 4.78 is 29.8. The second kappa shape index (κ2) is 7.76. The molecule has 24 heavy (non-hydrogen) atoms. The molecule has 0 fully saturated rings. The van der Waals surface area contributed by atoms with Crippen LogP contribution in [0.1, 0.15) is 25.3 Å². The molecule has 0 aliphatic carbocycles. The molecule has 0 aliphatic heterocycles. The second-order valence-electron chi connectivity index (χ2n) is 5.55. The lowest BCUT2D eigenvalue weighted by atomic mass is 10.2. The molecule has 7 nitrogen and oxygen atoms in total. The molecule has 0 aliphatic rings. The van der Waals surface area contributed by atoms with Crippen LogP contribution in [0.5, 0.6) is 0 Å². The van der Waals surface area contributed by atoms with Crippen molar-refractivity contribution in [1.29, 1.82) is 0 Å². The van der Waals surface area contributed by atoms with Crippen LogP contribution in [0.25, 0.3) is 0 Å². The van der Waals surface area contributed by atoms with Gasteiger partial charge in [-0.05, 0) is 17.7 Å². The van der Waals surface area contributed by atoms with Crippen LogP contribution in [0.3, 0.4) is 0 Å². The maximum absolute atomic E-state index is 12.3. The van der Waals surface area contributed by atoms with Crippen LogP contribution < -0.4 is 5.32 Å². The maximum atomic E-state index is 12.3. The van der Waals surface area contributed by atoms with E-state index in [1.54, 1.807) is 38.1 Å². The summed E-state index contributed by atoms with van der Waals surface area (Å²) in [4.78, 5) is 11.4. The molecule has 2 aromatic rings. The molecule has 9 heteroatoms. The first-order valence-electron chi connectivity index (χ1n) is 7.35. The minimum atomic E-state index is -3.75. The average molecular weight is 372 g/mol. The van der Waals surface area contributed by atoms with E-state index >= 15 is 0 Å². The Morgan fingerprint density at radius 1 is 1.33 bits per heavy atom. The van der Waals surface area contributed by atoms with Gasteiger partial charge in [0.2, 0.25) is 21.6 Å². The molecule has 130 valence electrons. The number of aromatic nitrogens is 2. The van der Waals surface area contributed by atoms with Gasteiger partial charge >= 0.3 is 5.22 Å². The Balaban J connectivity index is 1.99. The van der Waals surface area contributed by atoms with Crippen molar-refractivity contribution >= 4 is 27.3 Å². The van der Waals surface area contributed by atoms with Gasteiger partial charge < -0.3 is 9.73 Å². The molecule has 1 aromatic carbocycles. The van der Waals surface area contributed by atoms with Gasteiger partial charge in [-0.2, -0.15) is 0 Å². The van der Waals surface area contributed by atoms with Gasteiger partial charge in [0.1, 0.15) is 0 Å². The van der Waals surface area contributed by atoms with Crippen LogP contribution in [-0.2, 0) is 26.8 Å². The first-order valence-corrected chi connectivity index (χ1v) is 9.38. The topological polar surface area (TPSA) is 102 Å². The molecule has 0 spiro atoms. The van der Waals surface area contributed by atoms with Crippen LogP contribution in [0.4, 0.5) is 0 Å². The highest BCUT2D eigenvalue weighted by Crippen LogP contribution is 2.18. The van der Waals surface area contributed by atoms with E-state index in [9.17, 15) is 13.2 Å². The summed E-state index contributed by atoms with van der Waals surface area (Å²) in [5.74, 6) is -0.340.